The lowest BCUT2D eigenvalue weighted by atomic mass is 10.0. The first-order chi connectivity index (χ1) is 11.0. The van der Waals surface area contributed by atoms with Gasteiger partial charge in [-0.2, -0.15) is 8.42 Å². The van der Waals surface area contributed by atoms with Gasteiger partial charge in [0.2, 0.25) is 0 Å². The molecule has 0 radical (unpaired) electrons. The lowest BCUT2D eigenvalue weighted by molar-refractivity contribution is 0.227. The molecule has 3 rings (SSSR count). The third-order valence-electron chi connectivity index (χ3n) is 4.08. The molecule has 0 spiro atoms. The van der Waals surface area contributed by atoms with Crippen molar-refractivity contribution in [1.29, 1.82) is 0 Å². The minimum absolute atomic E-state index is 0.217. The second kappa shape index (κ2) is 6.83. The summed E-state index contributed by atoms with van der Waals surface area (Å²) in [5.74, 6) is 0. The van der Waals surface area contributed by atoms with Crippen molar-refractivity contribution in [3.8, 4) is 0 Å². The van der Waals surface area contributed by atoms with Crippen LogP contribution in [0.5, 0.6) is 0 Å². The van der Waals surface area contributed by atoms with Crippen LogP contribution in [0.3, 0.4) is 0 Å². The number of aryl methyl sites for hydroxylation is 1. The van der Waals surface area contributed by atoms with Gasteiger partial charge in [0.15, 0.2) is 0 Å². The Labute approximate surface area is 137 Å². The van der Waals surface area contributed by atoms with Crippen molar-refractivity contribution >= 4 is 10.1 Å². The van der Waals surface area contributed by atoms with Crippen LogP contribution in [0.2, 0.25) is 0 Å². The largest absolute Gasteiger partial charge is 0.311 e. The molecular formula is C18H21NO3S. The van der Waals surface area contributed by atoms with Crippen molar-refractivity contribution < 1.29 is 12.6 Å². The minimum atomic E-state index is -3.70. The molecule has 2 atom stereocenters. The van der Waals surface area contributed by atoms with Gasteiger partial charge in [-0.15, -0.1) is 0 Å². The molecule has 1 fully saturated rings. The minimum Gasteiger partial charge on any atom is -0.311 e. The Morgan fingerprint density at radius 3 is 2.48 bits per heavy atom. The molecular weight excluding hydrogens is 310 g/mol. The Morgan fingerprint density at radius 1 is 1.09 bits per heavy atom. The van der Waals surface area contributed by atoms with Crippen LogP contribution in [0.15, 0.2) is 59.5 Å². The van der Waals surface area contributed by atoms with Crippen molar-refractivity contribution in [1.82, 2.24) is 5.32 Å². The van der Waals surface area contributed by atoms with Crippen molar-refractivity contribution in [2.45, 2.75) is 36.8 Å². The summed E-state index contributed by atoms with van der Waals surface area (Å²) >= 11 is 0. The van der Waals surface area contributed by atoms with Gasteiger partial charge in [-0.05, 0) is 37.5 Å². The van der Waals surface area contributed by atoms with Crippen molar-refractivity contribution in [3.63, 3.8) is 0 Å². The zero-order valence-electron chi connectivity index (χ0n) is 13.1. The van der Waals surface area contributed by atoms with Gasteiger partial charge in [-0.3, -0.25) is 4.18 Å². The Balaban J connectivity index is 1.60. The molecule has 2 aromatic carbocycles. The Kier molecular flexibility index (Phi) is 4.80. The van der Waals surface area contributed by atoms with Gasteiger partial charge in [0.1, 0.15) is 0 Å². The zero-order chi connectivity index (χ0) is 16.3. The van der Waals surface area contributed by atoms with E-state index in [1.807, 2.05) is 25.1 Å². The monoisotopic (exact) mass is 331 g/mol. The smallest absolute Gasteiger partial charge is 0.297 e. The van der Waals surface area contributed by atoms with E-state index < -0.39 is 10.1 Å². The molecule has 2 unspecified atom stereocenters. The van der Waals surface area contributed by atoms with Crippen molar-refractivity contribution in [3.05, 3.63) is 65.7 Å². The highest BCUT2D eigenvalue weighted by molar-refractivity contribution is 7.86. The number of rotatable bonds is 5. The highest BCUT2D eigenvalue weighted by Gasteiger charge is 2.29. The number of nitrogens with one attached hydrogen (secondary N) is 1. The summed E-state index contributed by atoms with van der Waals surface area (Å²) in [5.41, 5.74) is 2.27. The van der Waals surface area contributed by atoms with E-state index in [0.717, 1.165) is 12.0 Å². The van der Waals surface area contributed by atoms with Crippen LogP contribution >= 0.6 is 0 Å². The SMILES string of the molecule is Cc1ccc(S(=O)(=O)OC2CNC(Cc3ccccc3)C2)cc1. The first-order valence-corrected chi connectivity index (χ1v) is 9.21. The molecule has 1 heterocycles. The van der Waals surface area contributed by atoms with Crippen LogP contribution in [0, 0.1) is 6.92 Å². The summed E-state index contributed by atoms with van der Waals surface area (Å²) in [5, 5.41) is 3.35. The van der Waals surface area contributed by atoms with Gasteiger partial charge in [0.25, 0.3) is 10.1 Å². The highest BCUT2D eigenvalue weighted by Crippen LogP contribution is 2.21. The van der Waals surface area contributed by atoms with Gasteiger partial charge in [-0.1, -0.05) is 48.0 Å². The van der Waals surface area contributed by atoms with Crippen LogP contribution in [-0.2, 0) is 20.7 Å². The number of hydrogen-bond acceptors (Lipinski definition) is 4. The van der Waals surface area contributed by atoms with Crippen LogP contribution in [0.1, 0.15) is 17.5 Å². The second-order valence-corrected chi connectivity index (χ2v) is 7.59. The Morgan fingerprint density at radius 2 is 1.78 bits per heavy atom. The predicted molar refractivity (Wildman–Crippen MR) is 89.8 cm³/mol. The summed E-state index contributed by atoms with van der Waals surface area (Å²) in [7, 11) is -3.70. The van der Waals surface area contributed by atoms with Gasteiger partial charge >= 0.3 is 0 Å². The average Bonchev–Trinajstić information content (AvgIpc) is 2.95. The molecule has 1 saturated heterocycles. The lowest BCUT2D eigenvalue weighted by Gasteiger charge is -2.12. The molecule has 0 aliphatic carbocycles. The van der Waals surface area contributed by atoms with Crippen LogP contribution < -0.4 is 5.32 Å². The van der Waals surface area contributed by atoms with E-state index in [2.05, 4.69) is 17.4 Å². The van der Waals surface area contributed by atoms with E-state index in [1.165, 1.54) is 5.56 Å². The highest BCUT2D eigenvalue weighted by atomic mass is 32.2. The summed E-state index contributed by atoms with van der Waals surface area (Å²) in [4.78, 5) is 0.217. The molecule has 2 aromatic rings. The fourth-order valence-electron chi connectivity index (χ4n) is 2.85. The first kappa shape index (κ1) is 16.2. The first-order valence-electron chi connectivity index (χ1n) is 7.80. The fraction of sp³-hybridized carbons (Fsp3) is 0.333. The molecule has 23 heavy (non-hydrogen) atoms. The summed E-state index contributed by atoms with van der Waals surface area (Å²) in [6.45, 7) is 2.48. The molecule has 122 valence electrons. The summed E-state index contributed by atoms with van der Waals surface area (Å²) in [6.07, 6.45) is 1.26. The predicted octanol–water partition coefficient (Wildman–Crippen LogP) is 2.67. The van der Waals surface area contributed by atoms with E-state index >= 15 is 0 Å². The molecule has 0 saturated carbocycles. The van der Waals surface area contributed by atoms with E-state index in [4.69, 9.17) is 4.18 Å². The number of benzene rings is 2. The molecule has 0 amide bonds. The molecule has 0 aromatic heterocycles. The summed E-state index contributed by atoms with van der Waals surface area (Å²) < 4.78 is 30.0. The zero-order valence-corrected chi connectivity index (χ0v) is 13.9. The molecule has 1 N–H and O–H groups in total. The van der Waals surface area contributed by atoms with Crippen molar-refractivity contribution in [2.24, 2.45) is 0 Å². The lowest BCUT2D eigenvalue weighted by Crippen LogP contribution is -2.24. The molecule has 5 heteroatoms. The Bertz CT molecular complexity index is 742. The average molecular weight is 331 g/mol. The van der Waals surface area contributed by atoms with Gasteiger partial charge in [-0.25, -0.2) is 0 Å². The topological polar surface area (TPSA) is 55.4 Å². The fourth-order valence-corrected chi connectivity index (χ4v) is 3.93. The molecule has 0 bridgehead atoms. The van der Waals surface area contributed by atoms with E-state index in [-0.39, 0.29) is 17.0 Å². The van der Waals surface area contributed by atoms with E-state index in [0.29, 0.717) is 13.0 Å². The normalized spacial score (nSPS) is 21.4. The molecule has 4 nitrogen and oxygen atoms in total. The van der Waals surface area contributed by atoms with Crippen LogP contribution in [0.4, 0.5) is 0 Å². The molecule has 1 aliphatic rings. The second-order valence-electron chi connectivity index (χ2n) is 6.02. The molecule has 1 aliphatic heterocycles. The van der Waals surface area contributed by atoms with Gasteiger partial charge in [0, 0.05) is 12.6 Å². The summed E-state index contributed by atoms with van der Waals surface area (Å²) in [6, 6.07) is 17.2. The maximum Gasteiger partial charge on any atom is 0.297 e. The Hall–Kier alpha value is -1.69. The number of hydrogen-bond donors (Lipinski definition) is 1. The van der Waals surface area contributed by atoms with E-state index in [9.17, 15) is 8.42 Å². The van der Waals surface area contributed by atoms with E-state index in [1.54, 1.807) is 24.3 Å². The third-order valence-corrected chi connectivity index (χ3v) is 5.45. The maximum atomic E-state index is 12.3. The quantitative estimate of drug-likeness (QED) is 0.856. The van der Waals surface area contributed by atoms with Crippen molar-refractivity contribution in [2.75, 3.05) is 6.54 Å². The third kappa shape index (κ3) is 4.19. The van der Waals surface area contributed by atoms with Gasteiger partial charge in [0.05, 0.1) is 11.0 Å². The van der Waals surface area contributed by atoms with Gasteiger partial charge < -0.3 is 5.32 Å². The maximum absolute atomic E-state index is 12.3. The standard InChI is InChI=1S/C18H21NO3S/c1-14-7-9-18(10-8-14)23(20,21)22-17-12-16(19-13-17)11-15-5-3-2-4-6-15/h2-10,16-17,19H,11-13H2,1H3. The van der Waals surface area contributed by atoms with Crippen LogP contribution in [-0.4, -0.2) is 27.1 Å². The van der Waals surface area contributed by atoms with Crippen LogP contribution in [0.25, 0.3) is 0 Å².